The molecule has 2 aliphatic heterocycles. The topological polar surface area (TPSA) is 29.5 Å². The number of carbonyl (C=O) groups is 1. The Morgan fingerprint density at radius 1 is 1.14 bits per heavy atom. The van der Waals surface area contributed by atoms with Crippen LogP contribution in [0.25, 0.3) is 0 Å². The minimum absolute atomic E-state index is 0.229. The van der Waals surface area contributed by atoms with Crippen LogP contribution >= 0.6 is 0 Å². The van der Waals surface area contributed by atoms with Gasteiger partial charge in [0.25, 0.3) is 0 Å². The van der Waals surface area contributed by atoms with Gasteiger partial charge in [0.05, 0.1) is 18.7 Å². The lowest BCUT2D eigenvalue weighted by Gasteiger charge is -2.45. The minimum Gasteiger partial charge on any atom is -0.411 e. The summed E-state index contributed by atoms with van der Waals surface area (Å²) in [7, 11) is -1.83. The first-order valence-corrected chi connectivity index (χ1v) is 10.6. The number of rotatable bonds is 5. The molecule has 2 heterocycles. The fraction of sp³-hybridized carbons (Fsp3) is 0.824. The van der Waals surface area contributed by atoms with Crippen LogP contribution in [0.4, 0.5) is 0 Å². The van der Waals surface area contributed by atoms with E-state index in [1.54, 1.807) is 6.08 Å². The molecule has 0 unspecified atom stereocenters. The summed E-state index contributed by atoms with van der Waals surface area (Å²) in [5, 5.41) is 0. The Balaban J connectivity index is 2.22. The summed E-state index contributed by atoms with van der Waals surface area (Å²) in [5.74, 6) is 0.229. The molecule has 0 bridgehead atoms. The second-order valence-electron chi connectivity index (χ2n) is 7.55. The molecule has 2 rings (SSSR count). The van der Waals surface area contributed by atoms with E-state index in [0.29, 0.717) is 29.2 Å². The molecule has 0 N–H and O–H groups in total. The summed E-state index contributed by atoms with van der Waals surface area (Å²) in [6.45, 7) is 15.6. The quantitative estimate of drug-likeness (QED) is 0.724. The molecule has 2 atom stereocenters. The van der Waals surface area contributed by atoms with Crippen LogP contribution in [0.1, 0.15) is 48.0 Å². The molecule has 0 spiro atoms. The van der Waals surface area contributed by atoms with Crippen molar-refractivity contribution in [3.8, 4) is 0 Å². The second kappa shape index (κ2) is 6.35. The van der Waals surface area contributed by atoms with Crippen molar-refractivity contribution in [1.29, 1.82) is 0 Å². The Bertz CT molecular complexity index is 395. The summed E-state index contributed by atoms with van der Waals surface area (Å²) in [6.07, 6.45) is 5.16. The van der Waals surface area contributed by atoms with E-state index >= 15 is 0 Å². The fourth-order valence-electron chi connectivity index (χ4n) is 4.54. The van der Waals surface area contributed by atoms with Gasteiger partial charge in [-0.15, -0.1) is 0 Å². The van der Waals surface area contributed by atoms with Gasteiger partial charge in [0.2, 0.25) is 8.32 Å². The maximum absolute atomic E-state index is 11.6. The molecule has 4 heteroatoms. The highest BCUT2D eigenvalue weighted by Crippen LogP contribution is 2.44. The molecule has 21 heavy (non-hydrogen) atoms. The number of nitrogens with zero attached hydrogens (tertiary/aromatic N) is 1. The highest BCUT2D eigenvalue weighted by Gasteiger charge is 2.49. The van der Waals surface area contributed by atoms with Gasteiger partial charge in [0.1, 0.15) is 0 Å². The van der Waals surface area contributed by atoms with E-state index < -0.39 is 8.32 Å². The molecule has 0 aliphatic carbocycles. The lowest BCUT2D eigenvalue weighted by Crippen LogP contribution is -2.52. The largest absolute Gasteiger partial charge is 0.411 e. The highest BCUT2D eigenvalue weighted by molar-refractivity contribution is 6.77. The predicted molar refractivity (Wildman–Crippen MR) is 90.0 cm³/mol. The van der Waals surface area contributed by atoms with Gasteiger partial charge >= 0.3 is 0 Å². The number of ketones is 1. The smallest absolute Gasteiger partial charge is 0.200 e. The van der Waals surface area contributed by atoms with Gasteiger partial charge in [-0.05, 0) is 29.1 Å². The summed E-state index contributed by atoms with van der Waals surface area (Å²) in [6, 6.07) is 0.311. The Kier molecular flexibility index (Phi) is 5.11. The number of carbonyl (C=O) groups excluding carboxylic acids is 1. The zero-order valence-corrected chi connectivity index (χ0v) is 15.4. The molecule has 120 valence electrons. The van der Waals surface area contributed by atoms with Crippen molar-refractivity contribution < 1.29 is 9.22 Å². The maximum atomic E-state index is 11.6. The van der Waals surface area contributed by atoms with Crippen molar-refractivity contribution in [2.75, 3.05) is 13.1 Å². The molecule has 1 fully saturated rings. The van der Waals surface area contributed by atoms with Crippen molar-refractivity contribution in [1.82, 2.24) is 4.90 Å². The van der Waals surface area contributed by atoms with E-state index in [4.69, 9.17) is 4.43 Å². The standard InChI is InChI=1S/C17H31NO2Si/c1-12(2)21(13(3)4,14(5)6)20-17-9-10-18-11-15(19)7-8-16(17)18/h7-8,12-14,16-17H,9-11H2,1-6H3/t16-,17-/m1/s1. The first-order chi connectivity index (χ1) is 9.79. The lowest BCUT2D eigenvalue weighted by atomic mass is 10.1. The Morgan fingerprint density at radius 2 is 1.71 bits per heavy atom. The number of hydrogen-bond acceptors (Lipinski definition) is 3. The Hall–Kier alpha value is -0.453. The summed E-state index contributed by atoms with van der Waals surface area (Å²) in [5.41, 5.74) is 1.84. The van der Waals surface area contributed by atoms with E-state index in [1.165, 1.54) is 0 Å². The van der Waals surface area contributed by atoms with Crippen LogP contribution in [0.15, 0.2) is 12.2 Å². The van der Waals surface area contributed by atoms with Crippen molar-refractivity contribution in [2.24, 2.45) is 0 Å². The van der Waals surface area contributed by atoms with Crippen LogP contribution in [0, 0.1) is 0 Å². The van der Waals surface area contributed by atoms with Crippen LogP contribution in [0.2, 0.25) is 16.6 Å². The summed E-state index contributed by atoms with van der Waals surface area (Å²) in [4.78, 5) is 13.8. The monoisotopic (exact) mass is 309 g/mol. The molecule has 0 amide bonds. The Morgan fingerprint density at radius 3 is 2.24 bits per heavy atom. The molecule has 0 aromatic carbocycles. The maximum Gasteiger partial charge on any atom is 0.200 e. The van der Waals surface area contributed by atoms with Crippen molar-refractivity contribution in [3.05, 3.63) is 12.2 Å². The van der Waals surface area contributed by atoms with Gasteiger partial charge in [-0.2, -0.15) is 0 Å². The molecule has 0 radical (unpaired) electrons. The minimum atomic E-state index is -1.83. The van der Waals surface area contributed by atoms with E-state index in [2.05, 4.69) is 52.5 Å². The third kappa shape index (κ3) is 3.03. The van der Waals surface area contributed by atoms with Gasteiger partial charge in [-0.3, -0.25) is 9.69 Å². The molecule has 2 aliphatic rings. The molecule has 0 aromatic heterocycles. The van der Waals surface area contributed by atoms with Crippen LogP contribution in [0.5, 0.6) is 0 Å². The normalized spacial score (nSPS) is 27.2. The van der Waals surface area contributed by atoms with E-state index in [1.807, 2.05) is 0 Å². The van der Waals surface area contributed by atoms with Gasteiger partial charge in [0.15, 0.2) is 5.78 Å². The third-order valence-corrected chi connectivity index (χ3v) is 11.5. The van der Waals surface area contributed by atoms with E-state index in [-0.39, 0.29) is 11.9 Å². The highest BCUT2D eigenvalue weighted by atomic mass is 28.4. The predicted octanol–water partition coefficient (Wildman–Crippen LogP) is 3.76. The first kappa shape index (κ1) is 16.9. The lowest BCUT2D eigenvalue weighted by molar-refractivity contribution is -0.116. The van der Waals surface area contributed by atoms with Crippen LogP contribution in [-0.2, 0) is 9.22 Å². The first-order valence-electron chi connectivity index (χ1n) is 8.42. The third-order valence-electron chi connectivity index (χ3n) is 5.40. The number of hydrogen-bond donors (Lipinski definition) is 0. The van der Waals surface area contributed by atoms with E-state index in [0.717, 1.165) is 13.0 Å². The fourth-order valence-corrected chi connectivity index (χ4v) is 10.1. The SMILES string of the molecule is CC(C)[Si](O[C@@H]1CCN2CC(=O)C=C[C@H]12)(C(C)C)C(C)C. The van der Waals surface area contributed by atoms with Gasteiger partial charge in [0, 0.05) is 6.54 Å². The molecule has 0 aromatic rings. The van der Waals surface area contributed by atoms with Crippen LogP contribution in [-0.4, -0.2) is 44.2 Å². The van der Waals surface area contributed by atoms with Gasteiger partial charge in [-0.1, -0.05) is 47.6 Å². The number of fused-ring (bicyclic) bond motifs is 1. The summed E-state index contributed by atoms with van der Waals surface area (Å²) < 4.78 is 6.92. The van der Waals surface area contributed by atoms with Crippen molar-refractivity contribution >= 4 is 14.1 Å². The molecular weight excluding hydrogens is 278 g/mol. The molecule has 3 nitrogen and oxygen atoms in total. The van der Waals surface area contributed by atoms with Crippen LogP contribution < -0.4 is 0 Å². The van der Waals surface area contributed by atoms with Gasteiger partial charge < -0.3 is 4.43 Å². The Labute approximate surface area is 130 Å². The van der Waals surface area contributed by atoms with E-state index in [9.17, 15) is 4.79 Å². The van der Waals surface area contributed by atoms with Crippen LogP contribution in [0.3, 0.4) is 0 Å². The molecular formula is C17H31NO2Si. The van der Waals surface area contributed by atoms with Crippen molar-refractivity contribution in [3.63, 3.8) is 0 Å². The second-order valence-corrected chi connectivity index (χ2v) is 13.0. The zero-order valence-electron chi connectivity index (χ0n) is 14.4. The van der Waals surface area contributed by atoms with Crippen molar-refractivity contribution in [2.45, 2.75) is 76.7 Å². The average molecular weight is 310 g/mol. The molecule has 1 saturated heterocycles. The average Bonchev–Trinajstić information content (AvgIpc) is 2.76. The summed E-state index contributed by atoms with van der Waals surface area (Å²) >= 11 is 0. The van der Waals surface area contributed by atoms with Gasteiger partial charge in [-0.25, -0.2) is 0 Å². The zero-order chi connectivity index (χ0) is 15.8. The molecule has 0 saturated carbocycles.